The molecule has 3 aromatic rings. The Hall–Kier alpha value is -4.53. The number of benzene rings is 3. The molecule has 0 radical (unpaired) electrons. The first-order valence-corrected chi connectivity index (χ1v) is 12.1. The number of nitro benzene ring substituents is 1. The number of ether oxygens (including phenoxy) is 2. The molecule has 38 heavy (non-hydrogen) atoms. The van der Waals surface area contributed by atoms with Gasteiger partial charge in [-0.1, -0.05) is 45.0 Å². The molecule has 0 saturated carbocycles. The van der Waals surface area contributed by atoms with E-state index in [-0.39, 0.29) is 35.5 Å². The number of esters is 1. The Morgan fingerprint density at radius 1 is 1.00 bits per heavy atom. The zero-order chi connectivity index (χ0) is 27.4. The van der Waals surface area contributed by atoms with E-state index in [1.54, 1.807) is 24.3 Å². The van der Waals surface area contributed by atoms with Crippen molar-refractivity contribution < 1.29 is 28.8 Å². The second-order valence-corrected chi connectivity index (χ2v) is 10.1. The van der Waals surface area contributed by atoms with Crippen molar-refractivity contribution in [3.05, 3.63) is 94.0 Å². The molecule has 4 rings (SSSR count). The standard InChI is InChI=1S/C29H28N2O7/c1-29(2,3)21-7-11-24(12-8-21)38-25-13-9-22(10-14-25)30-17-20(16-27(30)33)28(34)37-18-26(32)19-5-4-6-23(15-19)31(35)36/h4-15,20H,16-18H2,1-3H3/t20-/m1/s1. The van der Waals surface area contributed by atoms with Crippen LogP contribution in [0.3, 0.4) is 0 Å². The Bertz CT molecular complexity index is 1360. The van der Waals surface area contributed by atoms with Gasteiger partial charge in [0.05, 0.1) is 10.8 Å². The fraction of sp³-hybridized carbons (Fsp3) is 0.276. The van der Waals surface area contributed by atoms with Crippen LogP contribution in [0.1, 0.15) is 43.1 Å². The second-order valence-electron chi connectivity index (χ2n) is 10.1. The summed E-state index contributed by atoms with van der Waals surface area (Å²) < 4.78 is 11.0. The Morgan fingerprint density at radius 3 is 2.24 bits per heavy atom. The van der Waals surface area contributed by atoms with Crippen molar-refractivity contribution in [2.24, 2.45) is 5.92 Å². The maximum Gasteiger partial charge on any atom is 0.311 e. The number of carbonyl (C=O) groups is 3. The lowest BCUT2D eigenvalue weighted by Gasteiger charge is -2.19. The van der Waals surface area contributed by atoms with E-state index >= 15 is 0 Å². The minimum atomic E-state index is -0.724. The first-order valence-electron chi connectivity index (χ1n) is 12.1. The molecule has 1 heterocycles. The zero-order valence-electron chi connectivity index (χ0n) is 21.4. The lowest BCUT2D eigenvalue weighted by atomic mass is 9.87. The monoisotopic (exact) mass is 516 g/mol. The third-order valence-corrected chi connectivity index (χ3v) is 6.29. The average molecular weight is 517 g/mol. The molecule has 0 bridgehead atoms. The highest BCUT2D eigenvalue weighted by Crippen LogP contribution is 2.30. The summed E-state index contributed by atoms with van der Waals surface area (Å²) in [6.45, 7) is 5.99. The first kappa shape index (κ1) is 26.5. The molecule has 0 N–H and O–H groups in total. The topological polar surface area (TPSA) is 116 Å². The van der Waals surface area contributed by atoms with Gasteiger partial charge in [0.25, 0.3) is 5.69 Å². The molecule has 1 saturated heterocycles. The number of ketones is 1. The molecule has 0 aliphatic carbocycles. The molecule has 1 aliphatic rings. The van der Waals surface area contributed by atoms with Crippen LogP contribution in [0.4, 0.5) is 11.4 Å². The smallest absolute Gasteiger partial charge is 0.311 e. The van der Waals surface area contributed by atoms with Crippen molar-refractivity contribution in [2.75, 3.05) is 18.1 Å². The fourth-order valence-electron chi connectivity index (χ4n) is 4.10. The lowest BCUT2D eigenvalue weighted by molar-refractivity contribution is -0.384. The van der Waals surface area contributed by atoms with Crippen LogP contribution in [0.2, 0.25) is 0 Å². The van der Waals surface area contributed by atoms with E-state index in [9.17, 15) is 24.5 Å². The van der Waals surface area contributed by atoms with Crippen LogP contribution in [-0.4, -0.2) is 35.7 Å². The maximum absolute atomic E-state index is 12.6. The Morgan fingerprint density at radius 2 is 1.63 bits per heavy atom. The lowest BCUT2D eigenvalue weighted by Crippen LogP contribution is -2.27. The van der Waals surface area contributed by atoms with Gasteiger partial charge < -0.3 is 14.4 Å². The number of hydrogen-bond donors (Lipinski definition) is 0. The highest BCUT2D eigenvalue weighted by atomic mass is 16.6. The van der Waals surface area contributed by atoms with Gasteiger partial charge in [0.1, 0.15) is 11.5 Å². The summed E-state index contributed by atoms with van der Waals surface area (Å²) >= 11 is 0. The molecule has 1 fully saturated rings. The highest BCUT2D eigenvalue weighted by molar-refractivity contribution is 6.01. The molecule has 3 aromatic carbocycles. The van der Waals surface area contributed by atoms with Gasteiger partial charge in [-0.15, -0.1) is 0 Å². The number of nitrogens with zero attached hydrogens (tertiary/aromatic N) is 2. The number of amides is 1. The molecular weight excluding hydrogens is 488 g/mol. The molecule has 196 valence electrons. The van der Waals surface area contributed by atoms with E-state index in [4.69, 9.17) is 9.47 Å². The number of hydrogen-bond acceptors (Lipinski definition) is 7. The fourth-order valence-corrected chi connectivity index (χ4v) is 4.10. The summed E-state index contributed by atoms with van der Waals surface area (Å²) in [7, 11) is 0. The van der Waals surface area contributed by atoms with Gasteiger partial charge in [0.15, 0.2) is 6.61 Å². The van der Waals surface area contributed by atoms with Crippen LogP contribution < -0.4 is 9.64 Å². The Labute approximate surface area is 220 Å². The van der Waals surface area contributed by atoms with Gasteiger partial charge >= 0.3 is 5.97 Å². The molecule has 1 amide bonds. The van der Waals surface area contributed by atoms with Crippen molar-refractivity contribution in [3.8, 4) is 11.5 Å². The van der Waals surface area contributed by atoms with Gasteiger partial charge in [-0.3, -0.25) is 24.5 Å². The average Bonchev–Trinajstić information content (AvgIpc) is 3.29. The van der Waals surface area contributed by atoms with E-state index in [1.165, 1.54) is 28.7 Å². The molecule has 9 nitrogen and oxygen atoms in total. The van der Waals surface area contributed by atoms with E-state index in [2.05, 4.69) is 20.8 Å². The van der Waals surface area contributed by atoms with Crippen molar-refractivity contribution in [1.82, 2.24) is 0 Å². The van der Waals surface area contributed by atoms with Crippen LogP contribution in [0.5, 0.6) is 11.5 Å². The summed E-state index contributed by atoms with van der Waals surface area (Å²) in [5, 5.41) is 10.9. The highest BCUT2D eigenvalue weighted by Gasteiger charge is 2.36. The summed E-state index contributed by atoms with van der Waals surface area (Å²) in [4.78, 5) is 49.3. The number of carbonyl (C=O) groups excluding carboxylic acids is 3. The van der Waals surface area contributed by atoms with Crippen LogP contribution in [0, 0.1) is 16.0 Å². The number of non-ortho nitro benzene ring substituents is 1. The van der Waals surface area contributed by atoms with Gasteiger partial charge in [-0.25, -0.2) is 0 Å². The summed E-state index contributed by atoms with van der Waals surface area (Å²) in [6.07, 6.45) is -0.0395. The van der Waals surface area contributed by atoms with E-state index in [1.807, 2.05) is 24.3 Å². The third-order valence-electron chi connectivity index (χ3n) is 6.29. The van der Waals surface area contributed by atoms with Gasteiger partial charge in [0, 0.05) is 36.3 Å². The molecule has 0 unspecified atom stereocenters. The van der Waals surface area contributed by atoms with E-state index in [0.29, 0.717) is 17.2 Å². The molecule has 1 aliphatic heterocycles. The third kappa shape index (κ3) is 6.23. The Kier molecular flexibility index (Phi) is 7.57. The zero-order valence-corrected chi connectivity index (χ0v) is 21.4. The number of Topliss-reactive ketones (excluding diaryl/α,β-unsaturated/α-hetero) is 1. The van der Waals surface area contributed by atoms with E-state index in [0.717, 1.165) is 6.07 Å². The first-order chi connectivity index (χ1) is 18.0. The Balaban J connectivity index is 1.32. The van der Waals surface area contributed by atoms with Crippen molar-refractivity contribution >= 4 is 29.0 Å². The van der Waals surface area contributed by atoms with Crippen LogP contribution in [0.15, 0.2) is 72.8 Å². The van der Waals surface area contributed by atoms with Crippen LogP contribution in [-0.2, 0) is 19.7 Å². The van der Waals surface area contributed by atoms with Gasteiger partial charge in [-0.2, -0.15) is 0 Å². The van der Waals surface area contributed by atoms with Crippen molar-refractivity contribution in [2.45, 2.75) is 32.6 Å². The molecular formula is C29H28N2O7. The second kappa shape index (κ2) is 10.8. The van der Waals surface area contributed by atoms with Crippen molar-refractivity contribution in [3.63, 3.8) is 0 Å². The summed E-state index contributed by atoms with van der Waals surface area (Å²) in [5.41, 5.74) is 1.72. The van der Waals surface area contributed by atoms with Gasteiger partial charge in [0.2, 0.25) is 11.7 Å². The van der Waals surface area contributed by atoms with Crippen LogP contribution >= 0.6 is 0 Å². The number of rotatable bonds is 8. The quantitative estimate of drug-likeness (QED) is 0.169. The van der Waals surface area contributed by atoms with Gasteiger partial charge in [-0.05, 0) is 47.4 Å². The maximum atomic E-state index is 12.6. The largest absolute Gasteiger partial charge is 0.457 e. The van der Waals surface area contributed by atoms with Crippen molar-refractivity contribution in [1.29, 1.82) is 0 Å². The normalized spacial score (nSPS) is 15.3. The summed E-state index contributed by atoms with van der Waals surface area (Å²) in [6, 6.07) is 20.1. The molecule has 1 atom stereocenters. The number of nitro groups is 1. The predicted molar refractivity (Wildman–Crippen MR) is 141 cm³/mol. The molecule has 0 spiro atoms. The summed E-state index contributed by atoms with van der Waals surface area (Å²) in [5.74, 6) is -0.879. The van der Waals surface area contributed by atoms with E-state index < -0.39 is 29.2 Å². The predicted octanol–water partition coefficient (Wildman–Crippen LogP) is 5.46. The molecule has 0 aromatic heterocycles. The minimum Gasteiger partial charge on any atom is -0.457 e. The SMILES string of the molecule is CC(C)(C)c1ccc(Oc2ccc(N3C[C@H](C(=O)OCC(=O)c4cccc([N+](=O)[O-])c4)CC3=O)cc2)cc1. The molecule has 9 heteroatoms. The number of anilines is 1. The minimum absolute atomic E-state index is 0.0395. The van der Waals surface area contributed by atoms with Crippen LogP contribution in [0.25, 0.3) is 0 Å².